The summed E-state index contributed by atoms with van der Waals surface area (Å²) in [6.45, 7) is 2.21. The van der Waals surface area contributed by atoms with Gasteiger partial charge in [0.2, 0.25) is 0 Å². The predicted octanol–water partition coefficient (Wildman–Crippen LogP) is 1.20. The van der Waals surface area contributed by atoms with Crippen molar-refractivity contribution in [1.29, 1.82) is 0 Å². The number of methoxy groups -OCH3 is 1. The molecule has 5 heteroatoms. The number of aliphatic hydroxyl groups is 1. The molecule has 1 N–H and O–H groups in total. The van der Waals surface area contributed by atoms with Crippen LogP contribution in [0.5, 0.6) is 0 Å². The minimum atomic E-state index is -0.209. The van der Waals surface area contributed by atoms with Gasteiger partial charge in [0.05, 0.1) is 12.6 Å². The van der Waals surface area contributed by atoms with Crippen LogP contribution >= 0.6 is 11.3 Å². The van der Waals surface area contributed by atoms with Gasteiger partial charge in [-0.2, -0.15) is 0 Å². The first-order valence-electron chi connectivity index (χ1n) is 5.55. The molecule has 4 nitrogen and oxygen atoms in total. The molecular weight excluding hydrogens is 250 g/mol. The van der Waals surface area contributed by atoms with Crippen LogP contribution in [0.4, 0.5) is 0 Å². The molecule has 0 saturated carbocycles. The third-order valence-electron chi connectivity index (χ3n) is 2.55. The Hall–Kier alpha value is -1.35. The van der Waals surface area contributed by atoms with Crippen LogP contribution in [0, 0.1) is 11.8 Å². The van der Waals surface area contributed by atoms with Gasteiger partial charge in [-0.05, 0) is 18.4 Å². The molecule has 0 radical (unpaired) electrons. The number of hydrogen-bond donors (Lipinski definition) is 1. The van der Waals surface area contributed by atoms with Crippen LogP contribution in [0.15, 0.2) is 11.4 Å². The highest BCUT2D eigenvalue weighted by Crippen LogP contribution is 2.18. The summed E-state index contributed by atoms with van der Waals surface area (Å²) in [5, 5.41) is 10.5. The second kappa shape index (κ2) is 7.17. The Kier molecular flexibility index (Phi) is 5.86. The average Bonchev–Trinajstić information content (AvgIpc) is 2.83. The second-order valence-electron chi connectivity index (χ2n) is 3.84. The Bertz CT molecular complexity index is 458. The maximum atomic E-state index is 12.3. The normalized spacial score (nSPS) is 11.6. The second-order valence-corrected chi connectivity index (χ2v) is 4.76. The van der Waals surface area contributed by atoms with E-state index in [0.29, 0.717) is 17.0 Å². The van der Waals surface area contributed by atoms with Gasteiger partial charge >= 0.3 is 0 Å². The van der Waals surface area contributed by atoms with Gasteiger partial charge in [0.15, 0.2) is 0 Å². The molecule has 1 aromatic rings. The molecule has 1 aromatic heterocycles. The molecule has 1 unspecified atom stereocenters. The summed E-state index contributed by atoms with van der Waals surface area (Å²) in [5.41, 5.74) is 0.663. The van der Waals surface area contributed by atoms with Crippen LogP contribution in [-0.4, -0.2) is 49.3 Å². The average molecular weight is 267 g/mol. The van der Waals surface area contributed by atoms with Crippen LogP contribution in [0.1, 0.15) is 22.2 Å². The molecule has 98 valence electrons. The summed E-state index contributed by atoms with van der Waals surface area (Å²) in [7, 11) is 3.35. The van der Waals surface area contributed by atoms with Crippen LogP contribution in [0.2, 0.25) is 0 Å². The number of aliphatic hydroxyl groups excluding tert-OH is 1. The number of rotatable bonds is 4. The van der Waals surface area contributed by atoms with Gasteiger partial charge < -0.3 is 14.7 Å². The summed E-state index contributed by atoms with van der Waals surface area (Å²) >= 11 is 1.36. The Balaban J connectivity index is 2.87. The molecule has 0 saturated heterocycles. The fraction of sp³-hybridized carbons (Fsp3) is 0.462. The first kappa shape index (κ1) is 14.7. The number of nitrogens with zero attached hydrogens (tertiary/aromatic N) is 1. The van der Waals surface area contributed by atoms with Gasteiger partial charge in [-0.25, -0.2) is 0 Å². The fourth-order valence-corrected chi connectivity index (χ4v) is 2.25. The largest absolute Gasteiger partial charge is 0.384 e. The third-order valence-corrected chi connectivity index (χ3v) is 3.45. The van der Waals surface area contributed by atoms with Crippen molar-refractivity contribution in [3.8, 4) is 11.8 Å². The first-order valence-corrected chi connectivity index (χ1v) is 6.43. The highest BCUT2D eigenvalue weighted by molar-refractivity contribution is 7.12. The van der Waals surface area contributed by atoms with Crippen molar-refractivity contribution in [1.82, 2.24) is 4.90 Å². The van der Waals surface area contributed by atoms with Crippen molar-refractivity contribution in [2.45, 2.75) is 13.0 Å². The van der Waals surface area contributed by atoms with Crippen LogP contribution in [-0.2, 0) is 4.74 Å². The number of carbonyl (C=O) groups is 1. The third kappa shape index (κ3) is 3.57. The highest BCUT2D eigenvalue weighted by atomic mass is 32.1. The van der Waals surface area contributed by atoms with E-state index in [2.05, 4.69) is 11.8 Å². The summed E-state index contributed by atoms with van der Waals surface area (Å²) < 4.78 is 5.04. The lowest BCUT2D eigenvalue weighted by Crippen LogP contribution is -2.37. The van der Waals surface area contributed by atoms with Gasteiger partial charge in [0.1, 0.15) is 11.5 Å². The lowest BCUT2D eigenvalue weighted by Gasteiger charge is -2.23. The van der Waals surface area contributed by atoms with Crippen LogP contribution < -0.4 is 0 Å². The Labute approximate surface area is 111 Å². The van der Waals surface area contributed by atoms with E-state index in [-0.39, 0.29) is 18.6 Å². The van der Waals surface area contributed by atoms with E-state index in [4.69, 9.17) is 9.84 Å². The van der Waals surface area contributed by atoms with E-state index < -0.39 is 0 Å². The Morgan fingerprint density at radius 1 is 1.67 bits per heavy atom. The van der Waals surface area contributed by atoms with E-state index in [0.717, 1.165) is 0 Å². The van der Waals surface area contributed by atoms with Crippen molar-refractivity contribution in [2.24, 2.45) is 0 Å². The molecule has 1 amide bonds. The molecular formula is C13H17NO3S. The van der Waals surface area contributed by atoms with Gasteiger partial charge in [0, 0.05) is 19.7 Å². The molecule has 0 bridgehead atoms. The lowest BCUT2D eigenvalue weighted by molar-refractivity contribution is 0.0638. The zero-order valence-electron chi connectivity index (χ0n) is 10.8. The minimum Gasteiger partial charge on any atom is -0.384 e. The number of carbonyl (C=O) groups excluding carboxylic acids is 1. The molecule has 1 rings (SSSR count). The highest BCUT2D eigenvalue weighted by Gasteiger charge is 2.20. The number of hydrogen-bond acceptors (Lipinski definition) is 4. The van der Waals surface area contributed by atoms with Crippen molar-refractivity contribution in [2.75, 3.05) is 27.4 Å². The number of thiophene rings is 1. The molecule has 0 aliphatic heterocycles. The SMILES string of the molecule is COCC(C)N(C)C(=O)c1sccc1C#CCO. The molecule has 18 heavy (non-hydrogen) atoms. The topological polar surface area (TPSA) is 49.8 Å². The number of likely N-dealkylation sites (N-methyl/N-ethyl adjacent to an activating group) is 1. The summed E-state index contributed by atoms with van der Waals surface area (Å²) in [5.74, 6) is 5.26. The zero-order chi connectivity index (χ0) is 13.5. The van der Waals surface area contributed by atoms with Crippen molar-refractivity contribution in [3.63, 3.8) is 0 Å². The maximum Gasteiger partial charge on any atom is 0.265 e. The van der Waals surface area contributed by atoms with E-state index >= 15 is 0 Å². The molecule has 0 aliphatic rings. The van der Waals surface area contributed by atoms with Crippen LogP contribution in [0.25, 0.3) is 0 Å². The van der Waals surface area contributed by atoms with Gasteiger partial charge in [-0.3, -0.25) is 4.79 Å². The van der Waals surface area contributed by atoms with Gasteiger partial charge in [-0.1, -0.05) is 11.8 Å². The Morgan fingerprint density at radius 2 is 2.39 bits per heavy atom. The van der Waals surface area contributed by atoms with E-state index in [1.807, 2.05) is 12.3 Å². The first-order chi connectivity index (χ1) is 8.61. The molecule has 0 spiro atoms. The van der Waals surface area contributed by atoms with Crippen molar-refractivity contribution < 1.29 is 14.6 Å². The fourth-order valence-electron chi connectivity index (χ4n) is 1.42. The monoisotopic (exact) mass is 267 g/mol. The molecule has 1 atom stereocenters. The standard InChI is InChI=1S/C13H17NO3S/c1-10(9-17-3)14(2)13(16)12-11(5-4-7-15)6-8-18-12/h6,8,10,15H,7,9H2,1-3H3. The molecule has 0 aliphatic carbocycles. The molecule has 1 heterocycles. The molecule has 0 aromatic carbocycles. The van der Waals surface area contributed by atoms with E-state index in [1.165, 1.54) is 11.3 Å². The summed E-state index contributed by atoms with van der Waals surface area (Å²) in [6.07, 6.45) is 0. The predicted molar refractivity (Wildman–Crippen MR) is 71.7 cm³/mol. The smallest absolute Gasteiger partial charge is 0.265 e. The molecule has 0 fully saturated rings. The quantitative estimate of drug-likeness (QED) is 0.834. The van der Waals surface area contributed by atoms with E-state index in [9.17, 15) is 4.79 Å². The summed E-state index contributed by atoms with van der Waals surface area (Å²) in [4.78, 5) is 14.5. The van der Waals surface area contributed by atoms with E-state index in [1.54, 1.807) is 25.1 Å². The maximum absolute atomic E-state index is 12.3. The van der Waals surface area contributed by atoms with Crippen LogP contribution in [0.3, 0.4) is 0 Å². The van der Waals surface area contributed by atoms with Gasteiger partial charge in [-0.15, -0.1) is 11.3 Å². The van der Waals surface area contributed by atoms with Crippen molar-refractivity contribution >= 4 is 17.2 Å². The lowest BCUT2D eigenvalue weighted by atomic mass is 10.2. The van der Waals surface area contributed by atoms with Crippen molar-refractivity contribution in [3.05, 3.63) is 21.9 Å². The number of amides is 1. The minimum absolute atomic E-state index is 0.00301. The van der Waals surface area contributed by atoms with Gasteiger partial charge in [0.25, 0.3) is 5.91 Å². The summed E-state index contributed by atoms with van der Waals surface area (Å²) in [6, 6.07) is 1.79. The Morgan fingerprint density at radius 3 is 3.00 bits per heavy atom. The number of ether oxygens (including phenoxy) is 1. The zero-order valence-corrected chi connectivity index (χ0v) is 11.6.